The van der Waals surface area contributed by atoms with Gasteiger partial charge in [0.25, 0.3) is 0 Å². The van der Waals surface area contributed by atoms with Crippen LogP contribution in [0.3, 0.4) is 0 Å². The van der Waals surface area contributed by atoms with Gasteiger partial charge in [0.1, 0.15) is 5.78 Å². The van der Waals surface area contributed by atoms with E-state index in [-0.39, 0.29) is 18.1 Å². The summed E-state index contributed by atoms with van der Waals surface area (Å²) in [7, 11) is 0. The predicted molar refractivity (Wildman–Crippen MR) is 62.0 cm³/mol. The van der Waals surface area contributed by atoms with E-state index in [0.29, 0.717) is 24.9 Å². The Kier molecular flexibility index (Phi) is 3.62. The van der Waals surface area contributed by atoms with Gasteiger partial charge >= 0.3 is 0 Å². The Hall–Kier alpha value is -0.860. The minimum absolute atomic E-state index is 0.0503. The van der Waals surface area contributed by atoms with Crippen LogP contribution < -0.4 is 0 Å². The smallest absolute Gasteiger partial charge is 0.230 e. The monoisotopic (exact) mass is 223 g/mol. The summed E-state index contributed by atoms with van der Waals surface area (Å²) in [5.74, 6) is 0.817. The third kappa shape index (κ3) is 2.45. The lowest BCUT2D eigenvalue weighted by Crippen LogP contribution is -2.47. The van der Waals surface area contributed by atoms with E-state index in [1.807, 2.05) is 4.90 Å². The average molecular weight is 223 g/mol. The molecule has 1 atom stereocenters. The molecule has 2 rings (SSSR count). The maximum absolute atomic E-state index is 11.8. The zero-order valence-electron chi connectivity index (χ0n) is 10.1. The predicted octanol–water partition coefficient (Wildman–Crippen LogP) is 2.15. The van der Waals surface area contributed by atoms with Crippen LogP contribution in [0, 0.1) is 5.92 Å². The van der Waals surface area contributed by atoms with E-state index >= 15 is 0 Å². The van der Waals surface area contributed by atoms with Gasteiger partial charge in [0.05, 0.1) is 6.42 Å². The molecule has 0 bridgehead atoms. The van der Waals surface area contributed by atoms with Crippen LogP contribution in [0.15, 0.2) is 0 Å². The van der Waals surface area contributed by atoms with E-state index in [1.54, 1.807) is 0 Å². The topological polar surface area (TPSA) is 37.4 Å². The van der Waals surface area contributed by atoms with Crippen LogP contribution in [0.5, 0.6) is 0 Å². The Labute approximate surface area is 97.2 Å². The molecule has 1 unspecified atom stereocenters. The fourth-order valence-corrected chi connectivity index (χ4v) is 3.03. The third-order valence-corrected chi connectivity index (χ3v) is 4.12. The summed E-state index contributed by atoms with van der Waals surface area (Å²) < 4.78 is 0. The molecule has 90 valence electrons. The van der Waals surface area contributed by atoms with Crippen molar-refractivity contribution in [1.82, 2.24) is 4.90 Å². The van der Waals surface area contributed by atoms with Crippen molar-refractivity contribution in [3.8, 4) is 0 Å². The first-order valence-corrected chi connectivity index (χ1v) is 6.49. The van der Waals surface area contributed by atoms with Gasteiger partial charge in [0.15, 0.2) is 0 Å². The van der Waals surface area contributed by atoms with E-state index in [0.717, 1.165) is 0 Å². The molecule has 1 saturated heterocycles. The molecule has 1 heterocycles. The molecule has 0 aromatic rings. The van der Waals surface area contributed by atoms with E-state index in [1.165, 1.54) is 32.1 Å². The molecule has 1 aliphatic heterocycles. The molecule has 2 fully saturated rings. The highest BCUT2D eigenvalue weighted by atomic mass is 16.2. The van der Waals surface area contributed by atoms with Crippen LogP contribution in [-0.2, 0) is 9.59 Å². The molecule has 0 aromatic heterocycles. The number of carbonyl (C=O) groups excluding carboxylic acids is 2. The minimum Gasteiger partial charge on any atom is -0.339 e. The largest absolute Gasteiger partial charge is 0.339 e. The third-order valence-electron chi connectivity index (χ3n) is 4.12. The highest BCUT2D eigenvalue weighted by Gasteiger charge is 2.31. The van der Waals surface area contributed by atoms with Gasteiger partial charge in [0.2, 0.25) is 5.91 Å². The number of Topliss-reactive ketones (excluding diaryl/α,β-unsaturated/α-hetero) is 1. The number of piperidine rings is 1. The van der Waals surface area contributed by atoms with Gasteiger partial charge < -0.3 is 4.90 Å². The maximum atomic E-state index is 11.8. The normalized spacial score (nSPS) is 25.9. The second-order valence-corrected chi connectivity index (χ2v) is 5.19. The molecule has 2 aliphatic rings. The first-order chi connectivity index (χ1) is 7.68. The minimum atomic E-state index is 0.0503. The highest BCUT2D eigenvalue weighted by molar-refractivity contribution is 6.00. The molecule has 0 spiro atoms. The van der Waals surface area contributed by atoms with E-state index < -0.39 is 0 Å². The van der Waals surface area contributed by atoms with Gasteiger partial charge in [-0.15, -0.1) is 0 Å². The Morgan fingerprint density at radius 2 is 1.88 bits per heavy atom. The molecular weight excluding hydrogens is 202 g/mol. The van der Waals surface area contributed by atoms with Crippen LogP contribution in [0.2, 0.25) is 0 Å². The van der Waals surface area contributed by atoms with Gasteiger partial charge in [-0.25, -0.2) is 0 Å². The zero-order valence-corrected chi connectivity index (χ0v) is 10.1. The van der Waals surface area contributed by atoms with Crippen molar-refractivity contribution in [2.45, 2.75) is 57.9 Å². The molecule has 1 amide bonds. The van der Waals surface area contributed by atoms with Crippen molar-refractivity contribution < 1.29 is 9.59 Å². The maximum Gasteiger partial charge on any atom is 0.230 e. The first kappa shape index (κ1) is 11.6. The van der Waals surface area contributed by atoms with Crippen molar-refractivity contribution in [3.63, 3.8) is 0 Å². The summed E-state index contributed by atoms with van der Waals surface area (Å²) in [4.78, 5) is 24.9. The lowest BCUT2D eigenvalue weighted by molar-refractivity contribution is -0.142. The van der Waals surface area contributed by atoms with Crippen LogP contribution in [0.1, 0.15) is 51.9 Å². The quantitative estimate of drug-likeness (QED) is 0.673. The van der Waals surface area contributed by atoms with Crippen LogP contribution in [0.4, 0.5) is 0 Å². The Balaban J connectivity index is 1.95. The second kappa shape index (κ2) is 4.98. The Morgan fingerprint density at radius 3 is 2.50 bits per heavy atom. The Bertz CT molecular complexity index is 282. The lowest BCUT2D eigenvalue weighted by atomic mass is 9.83. The molecule has 0 aromatic carbocycles. The molecule has 3 heteroatoms. The molecule has 0 radical (unpaired) electrons. The highest BCUT2D eigenvalue weighted by Crippen LogP contribution is 2.30. The van der Waals surface area contributed by atoms with Gasteiger partial charge in [-0.05, 0) is 25.7 Å². The summed E-state index contributed by atoms with van der Waals surface area (Å²) in [6.07, 6.45) is 7.14. The van der Waals surface area contributed by atoms with E-state index in [9.17, 15) is 9.59 Å². The first-order valence-electron chi connectivity index (χ1n) is 6.49. The summed E-state index contributed by atoms with van der Waals surface area (Å²) >= 11 is 0. The van der Waals surface area contributed by atoms with Gasteiger partial charge in [-0.1, -0.05) is 19.3 Å². The molecule has 1 saturated carbocycles. The fraction of sp³-hybridized carbons (Fsp3) is 0.846. The summed E-state index contributed by atoms with van der Waals surface area (Å²) in [6.45, 7) is 2.80. The van der Waals surface area contributed by atoms with Crippen molar-refractivity contribution >= 4 is 11.7 Å². The number of nitrogens with zero attached hydrogens (tertiary/aromatic N) is 1. The molecule has 16 heavy (non-hydrogen) atoms. The fourth-order valence-electron chi connectivity index (χ4n) is 3.03. The number of hydrogen-bond acceptors (Lipinski definition) is 2. The number of ketones is 1. The van der Waals surface area contributed by atoms with Crippen LogP contribution >= 0.6 is 0 Å². The van der Waals surface area contributed by atoms with E-state index in [2.05, 4.69) is 6.92 Å². The number of rotatable bonds is 2. The summed E-state index contributed by atoms with van der Waals surface area (Å²) in [5, 5.41) is 0. The molecule has 1 aliphatic carbocycles. The van der Waals surface area contributed by atoms with Gasteiger partial charge in [0, 0.05) is 19.0 Å². The summed E-state index contributed by atoms with van der Waals surface area (Å²) in [5.41, 5.74) is 0. The second-order valence-electron chi connectivity index (χ2n) is 5.19. The Morgan fingerprint density at radius 1 is 1.19 bits per heavy atom. The van der Waals surface area contributed by atoms with Crippen LogP contribution in [0.25, 0.3) is 0 Å². The molecule has 3 nitrogen and oxygen atoms in total. The zero-order chi connectivity index (χ0) is 11.5. The summed E-state index contributed by atoms with van der Waals surface area (Å²) in [6, 6.07) is 0.334. The van der Waals surface area contributed by atoms with E-state index in [4.69, 9.17) is 0 Å². The standard InChI is InChI=1S/C13H21NO2/c1-10(11-5-3-2-4-6-11)14-8-7-12(15)9-13(14)16/h10-11H,2-9H2,1H3. The number of hydrogen-bond donors (Lipinski definition) is 0. The van der Waals surface area contributed by atoms with Gasteiger partial charge in [-0.2, -0.15) is 0 Å². The molecule has 0 N–H and O–H groups in total. The van der Waals surface area contributed by atoms with Crippen molar-refractivity contribution in [2.24, 2.45) is 5.92 Å². The SMILES string of the molecule is CC(C1CCCCC1)N1CCC(=O)CC1=O. The lowest BCUT2D eigenvalue weighted by Gasteiger charge is -2.38. The number of carbonyl (C=O) groups is 2. The van der Waals surface area contributed by atoms with Crippen molar-refractivity contribution in [3.05, 3.63) is 0 Å². The van der Waals surface area contributed by atoms with Gasteiger partial charge in [-0.3, -0.25) is 9.59 Å². The van der Waals surface area contributed by atoms with Crippen LogP contribution in [-0.4, -0.2) is 29.2 Å². The molecular formula is C13H21NO2. The van der Waals surface area contributed by atoms with Crippen molar-refractivity contribution in [1.29, 1.82) is 0 Å². The number of amides is 1. The average Bonchev–Trinajstić information content (AvgIpc) is 2.29. The van der Waals surface area contributed by atoms with Crippen molar-refractivity contribution in [2.75, 3.05) is 6.54 Å². The number of likely N-dealkylation sites (tertiary alicyclic amines) is 1.